The molecule has 190 valence electrons. The lowest BCUT2D eigenvalue weighted by molar-refractivity contribution is 0.0948. The Balaban J connectivity index is 1.55. The molecule has 0 spiro atoms. The molecule has 9 heteroatoms. The van der Waals surface area contributed by atoms with Crippen molar-refractivity contribution in [3.05, 3.63) is 105 Å². The molecular weight excluding hydrogens is 527 g/mol. The fourth-order valence-corrected chi connectivity index (χ4v) is 4.77. The summed E-state index contributed by atoms with van der Waals surface area (Å²) in [5.41, 5.74) is 3.00. The average Bonchev–Trinajstić information content (AvgIpc) is 3.30. The SMILES string of the molecule is CC(C)(C)c1ccc(C(=O)NCc2nnc(SCC(=O)c3ccccc3)n2-c2ccc(Cl)c(Cl)c2)cc1. The number of amides is 1. The highest BCUT2D eigenvalue weighted by molar-refractivity contribution is 7.99. The molecule has 0 radical (unpaired) electrons. The third-order valence-electron chi connectivity index (χ3n) is 5.71. The molecule has 4 rings (SSSR count). The first-order valence-corrected chi connectivity index (χ1v) is 13.4. The molecule has 1 amide bonds. The molecular formula is C28H26Cl2N4O2S. The second-order valence-electron chi connectivity index (χ2n) is 9.42. The normalized spacial score (nSPS) is 11.4. The molecule has 1 N–H and O–H groups in total. The van der Waals surface area contributed by atoms with E-state index in [0.717, 1.165) is 5.56 Å². The van der Waals surface area contributed by atoms with Crippen LogP contribution < -0.4 is 5.32 Å². The van der Waals surface area contributed by atoms with Gasteiger partial charge in [0, 0.05) is 11.1 Å². The van der Waals surface area contributed by atoms with E-state index in [-0.39, 0.29) is 29.4 Å². The van der Waals surface area contributed by atoms with Gasteiger partial charge in [-0.3, -0.25) is 14.2 Å². The van der Waals surface area contributed by atoms with Crippen LogP contribution in [0.15, 0.2) is 78.0 Å². The van der Waals surface area contributed by atoms with Gasteiger partial charge in [-0.1, -0.05) is 98.2 Å². The van der Waals surface area contributed by atoms with Crippen molar-refractivity contribution in [1.29, 1.82) is 0 Å². The van der Waals surface area contributed by atoms with Crippen LogP contribution in [-0.4, -0.2) is 32.2 Å². The summed E-state index contributed by atoms with van der Waals surface area (Å²) < 4.78 is 1.77. The number of hydrogen-bond acceptors (Lipinski definition) is 5. The Kier molecular flexibility index (Phi) is 8.37. The molecule has 0 bridgehead atoms. The number of halogens is 2. The Labute approximate surface area is 230 Å². The molecule has 0 saturated carbocycles. The van der Waals surface area contributed by atoms with Gasteiger partial charge < -0.3 is 5.32 Å². The van der Waals surface area contributed by atoms with Crippen molar-refractivity contribution >= 4 is 46.7 Å². The largest absolute Gasteiger partial charge is 0.345 e. The van der Waals surface area contributed by atoms with Crippen molar-refractivity contribution in [3.63, 3.8) is 0 Å². The van der Waals surface area contributed by atoms with Crippen molar-refractivity contribution in [3.8, 4) is 5.69 Å². The summed E-state index contributed by atoms with van der Waals surface area (Å²) in [4.78, 5) is 25.5. The monoisotopic (exact) mass is 552 g/mol. The second kappa shape index (κ2) is 11.5. The zero-order valence-electron chi connectivity index (χ0n) is 20.7. The summed E-state index contributed by atoms with van der Waals surface area (Å²) in [6, 6.07) is 21.8. The smallest absolute Gasteiger partial charge is 0.251 e. The van der Waals surface area contributed by atoms with Crippen LogP contribution in [0.1, 0.15) is 52.9 Å². The Hall–Kier alpha value is -3.13. The molecule has 3 aromatic carbocycles. The standard InChI is InChI=1S/C28H26Cl2N4O2S/c1-28(2,3)20-11-9-19(10-12-20)26(36)31-16-25-32-33-27(34(25)21-13-14-22(29)23(30)15-21)37-17-24(35)18-7-5-4-6-8-18/h4-15H,16-17H2,1-3H3,(H,31,36). The summed E-state index contributed by atoms with van der Waals surface area (Å²) in [5, 5.41) is 12.8. The zero-order chi connectivity index (χ0) is 26.6. The first-order valence-electron chi connectivity index (χ1n) is 11.6. The van der Waals surface area contributed by atoms with Gasteiger partial charge in [0.25, 0.3) is 5.91 Å². The van der Waals surface area contributed by atoms with Gasteiger partial charge in [-0.2, -0.15) is 0 Å². The topological polar surface area (TPSA) is 76.9 Å². The van der Waals surface area contributed by atoms with Gasteiger partial charge in [0.2, 0.25) is 0 Å². The van der Waals surface area contributed by atoms with Crippen molar-refractivity contribution in [2.75, 3.05) is 5.75 Å². The summed E-state index contributed by atoms with van der Waals surface area (Å²) >= 11 is 13.7. The Morgan fingerprint density at radius 2 is 1.59 bits per heavy atom. The van der Waals surface area contributed by atoms with E-state index in [4.69, 9.17) is 23.2 Å². The molecule has 0 aliphatic carbocycles. The maximum Gasteiger partial charge on any atom is 0.251 e. The molecule has 1 heterocycles. The van der Waals surface area contributed by atoms with Gasteiger partial charge in [-0.15, -0.1) is 10.2 Å². The molecule has 0 unspecified atom stereocenters. The maximum atomic E-state index is 12.8. The minimum absolute atomic E-state index is 0.00123. The molecule has 0 aliphatic heterocycles. The number of nitrogens with zero attached hydrogens (tertiary/aromatic N) is 3. The van der Waals surface area contributed by atoms with Gasteiger partial charge in [-0.25, -0.2) is 0 Å². The van der Waals surface area contributed by atoms with E-state index in [0.29, 0.717) is 37.8 Å². The predicted octanol–water partition coefficient (Wildman–Crippen LogP) is 6.78. The number of ketones is 1. The molecule has 0 fully saturated rings. The van der Waals surface area contributed by atoms with Crippen molar-refractivity contribution in [2.24, 2.45) is 0 Å². The minimum atomic E-state index is -0.224. The first-order chi connectivity index (χ1) is 17.6. The minimum Gasteiger partial charge on any atom is -0.345 e. The summed E-state index contributed by atoms with van der Waals surface area (Å²) in [5.74, 6) is 0.420. The van der Waals surface area contributed by atoms with Crippen LogP contribution in [0.25, 0.3) is 5.69 Å². The van der Waals surface area contributed by atoms with Crippen LogP contribution in [0.2, 0.25) is 10.0 Å². The van der Waals surface area contributed by atoms with Gasteiger partial charge in [0.1, 0.15) is 0 Å². The number of carbonyl (C=O) groups excluding carboxylic acids is 2. The predicted molar refractivity (Wildman–Crippen MR) is 149 cm³/mol. The molecule has 6 nitrogen and oxygen atoms in total. The maximum absolute atomic E-state index is 12.8. The van der Waals surface area contributed by atoms with E-state index < -0.39 is 0 Å². The number of aromatic nitrogens is 3. The van der Waals surface area contributed by atoms with Gasteiger partial charge in [-0.05, 0) is 41.3 Å². The molecule has 1 aromatic heterocycles. The van der Waals surface area contributed by atoms with Gasteiger partial charge in [0.15, 0.2) is 16.8 Å². The van der Waals surface area contributed by atoms with Gasteiger partial charge in [0.05, 0.1) is 28.0 Å². The van der Waals surface area contributed by atoms with E-state index in [1.807, 2.05) is 42.5 Å². The van der Waals surface area contributed by atoms with Crippen LogP contribution in [-0.2, 0) is 12.0 Å². The van der Waals surface area contributed by atoms with E-state index in [2.05, 4.69) is 36.3 Å². The number of nitrogens with one attached hydrogen (secondary N) is 1. The Morgan fingerprint density at radius 1 is 0.892 bits per heavy atom. The number of Topliss-reactive ketones (excluding diaryl/α,β-unsaturated/α-hetero) is 1. The molecule has 37 heavy (non-hydrogen) atoms. The fraction of sp³-hybridized carbons (Fsp3) is 0.214. The van der Waals surface area contributed by atoms with E-state index in [9.17, 15) is 9.59 Å². The number of thioether (sulfide) groups is 1. The van der Waals surface area contributed by atoms with Crippen LogP contribution >= 0.6 is 35.0 Å². The lowest BCUT2D eigenvalue weighted by atomic mass is 9.87. The van der Waals surface area contributed by atoms with Crippen LogP contribution in [0.4, 0.5) is 0 Å². The molecule has 4 aromatic rings. The van der Waals surface area contributed by atoms with Crippen LogP contribution in [0.3, 0.4) is 0 Å². The Bertz CT molecular complexity index is 1410. The second-order valence-corrected chi connectivity index (χ2v) is 11.2. The van der Waals surface area contributed by atoms with Crippen molar-refractivity contribution in [1.82, 2.24) is 20.1 Å². The molecule has 0 saturated heterocycles. The summed E-state index contributed by atoms with van der Waals surface area (Å²) in [6.45, 7) is 6.50. The third-order valence-corrected chi connectivity index (χ3v) is 7.38. The van der Waals surface area contributed by atoms with Gasteiger partial charge >= 0.3 is 0 Å². The highest BCUT2D eigenvalue weighted by Gasteiger charge is 2.19. The summed E-state index contributed by atoms with van der Waals surface area (Å²) in [7, 11) is 0. The quantitative estimate of drug-likeness (QED) is 0.192. The lowest BCUT2D eigenvalue weighted by Crippen LogP contribution is -2.25. The number of carbonyl (C=O) groups is 2. The molecule has 0 atom stereocenters. The van der Waals surface area contributed by atoms with Crippen molar-refractivity contribution in [2.45, 2.75) is 37.9 Å². The highest BCUT2D eigenvalue weighted by Crippen LogP contribution is 2.29. The van der Waals surface area contributed by atoms with Crippen LogP contribution in [0.5, 0.6) is 0 Å². The highest BCUT2D eigenvalue weighted by atomic mass is 35.5. The van der Waals surface area contributed by atoms with E-state index >= 15 is 0 Å². The van der Waals surface area contributed by atoms with E-state index in [1.54, 1.807) is 34.9 Å². The number of hydrogen-bond donors (Lipinski definition) is 1. The zero-order valence-corrected chi connectivity index (χ0v) is 23.0. The third kappa shape index (κ3) is 6.60. The lowest BCUT2D eigenvalue weighted by Gasteiger charge is -2.19. The number of rotatable bonds is 8. The summed E-state index contributed by atoms with van der Waals surface area (Å²) in [6.07, 6.45) is 0. The number of benzene rings is 3. The first kappa shape index (κ1) is 26.9. The Morgan fingerprint density at radius 3 is 2.24 bits per heavy atom. The van der Waals surface area contributed by atoms with E-state index in [1.165, 1.54) is 11.8 Å². The van der Waals surface area contributed by atoms with Crippen molar-refractivity contribution < 1.29 is 9.59 Å². The fourth-order valence-electron chi connectivity index (χ4n) is 3.61. The average molecular weight is 554 g/mol. The molecule has 0 aliphatic rings. The van der Waals surface area contributed by atoms with Crippen LogP contribution in [0, 0.1) is 0 Å².